The van der Waals surface area contributed by atoms with Crippen LogP contribution in [0.5, 0.6) is 0 Å². The number of halogens is 4. The van der Waals surface area contributed by atoms with Crippen molar-refractivity contribution in [2.24, 2.45) is 5.92 Å². The largest absolute Gasteiger partial charge is 0.417 e. The fourth-order valence-electron chi connectivity index (χ4n) is 2.71. The van der Waals surface area contributed by atoms with Gasteiger partial charge in [-0.1, -0.05) is 11.6 Å². The molecule has 8 heteroatoms. The van der Waals surface area contributed by atoms with Gasteiger partial charge in [-0.2, -0.15) is 13.2 Å². The lowest BCUT2D eigenvalue weighted by Gasteiger charge is -2.16. The highest BCUT2D eigenvalue weighted by atomic mass is 35.5. The van der Waals surface area contributed by atoms with Gasteiger partial charge < -0.3 is 10.2 Å². The molecule has 1 saturated heterocycles. The van der Waals surface area contributed by atoms with E-state index < -0.39 is 28.6 Å². The number of amides is 2. The van der Waals surface area contributed by atoms with Gasteiger partial charge in [0.05, 0.1) is 16.5 Å². The van der Waals surface area contributed by atoms with Gasteiger partial charge in [-0.15, -0.1) is 0 Å². The minimum Gasteiger partial charge on any atom is -0.339 e. The van der Waals surface area contributed by atoms with Crippen molar-refractivity contribution in [2.45, 2.75) is 31.5 Å². The smallest absolute Gasteiger partial charge is 0.339 e. The topological polar surface area (TPSA) is 49.4 Å². The summed E-state index contributed by atoms with van der Waals surface area (Å²) in [6.45, 7) is 0.328. The fraction of sp³-hybridized carbons (Fsp3) is 0.467. The van der Waals surface area contributed by atoms with Gasteiger partial charge in [0.25, 0.3) is 0 Å². The van der Waals surface area contributed by atoms with Crippen molar-refractivity contribution in [3.05, 3.63) is 28.8 Å². The monoisotopic (exact) mass is 346 g/mol. The summed E-state index contributed by atoms with van der Waals surface area (Å²) in [5, 5.41) is 2.02. The number of likely N-dealkylation sites (tertiary alicyclic amines) is 1. The number of carbonyl (C=O) groups excluding carboxylic acids is 2. The lowest BCUT2D eigenvalue weighted by atomic mass is 10.1. The van der Waals surface area contributed by atoms with E-state index in [-0.39, 0.29) is 24.1 Å². The van der Waals surface area contributed by atoms with Gasteiger partial charge >= 0.3 is 6.18 Å². The van der Waals surface area contributed by atoms with Gasteiger partial charge in [-0.3, -0.25) is 9.59 Å². The molecule has 1 unspecified atom stereocenters. The van der Waals surface area contributed by atoms with Gasteiger partial charge in [0.1, 0.15) is 0 Å². The SMILES string of the molecule is O=C(Nc1ccc(Cl)c(C(F)(F)F)c1)C1CC(=O)N(C2CC2)C1. The van der Waals surface area contributed by atoms with E-state index in [9.17, 15) is 22.8 Å². The molecule has 1 N–H and O–H groups in total. The number of anilines is 1. The van der Waals surface area contributed by atoms with Crippen LogP contribution in [0.15, 0.2) is 18.2 Å². The molecule has 1 aliphatic heterocycles. The van der Waals surface area contributed by atoms with Crippen LogP contribution in [0.2, 0.25) is 5.02 Å². The van der Waals surface area contributed by atoms with Crippen molar-refractivity contribution < 1.29 is 22.8 Å². The lowest BCUT2D eigenvalue weighted by molar-refractivity contribution is -0.137. The minimum atomic E-state index is -4.59. The second-order valence-electron chi connectivity index (χ2n) is 5.86. The molecule has 2 aliphatic rings. The number of nitrogens with one attached hydrogen (secondary N) is 1. The van der Waals surface area contributed by atoms with Crippen molar-refractivity contribution in [1.82, 2.24) is 4.90 Å². The van der Waals surface area contributed by atoms with E-state index in [1.165, 1.54) is 6.07 Å². The maximum Gasteiger partial charge on any atom is 0.417 e. The van der Waals surface area contributed by atoms with E-state index in [4.69, 9.17) is 11.6 Å². The first kappa shape index (κ1) is 16.1. The Labute approximate surface area is 135 Å². The molecule has 0 spiro atoms. The third-order valence-electron chi connectivity index (χ3n) is 4.06. The van der Waals surface area contributed by atoms with Gasteiger partial charge in [0, 0.05) is 24.7 Å². The Bertz CT molecular complexity index is 659. The molecule has 23 heavy (non-hydrogen) atoms. The molecule has 4 nitrogen and oxygen atoms in total. The third-order valence-corrected chi connectivity index (χ3v) is 4.39. The molecule has 2 fully saturated rings. The molecule has 1 aliphatic carbocycles. The van der Waals surface area contributed by atoms with Gasteiger partial charge in [-0.25, -0.2) is 0 Å². The predicted octanol–water partition coefficient (Wildman–Crippen LogP) is 3.31. The standard InChI is InChI=1S/C15H14ClF3N2O2/c16-12-4-1-9(6-11(12)15(17,18)19)20-14(23)8-5-13(22)21(7-8)10-2-3-10/h1,4,6,8,10H,2-3,5,7H2,(H,20,23). The number of hydrogen-bond acceptors (Lipinski definition) is 2. The van der Waals surface area contributed by atoms with Crippen molar-refractivity contribution >= 4 is 29.1 Å². The Morgan fingerprint density at radius 3 is 2.61 bits per heavy atom. The first-order valence-corrected chi connectivity index (χ1v) is 7.60. The Morgan fingerprint density at radius 1 is 1.30 bits per heavy atom. The Morgan fingerprint density at radius 2 is 2.00 bits per heavy atom. The maximum atomic E-state index is 12.8. The van der Waals surface area contributed by atoms with E-state index in [0.717, 1.165) is 25.0 Å². The number of carbonyl (C=O) groups is 2. The van der Waals surface area contributed by atoms with Crippen molar-refractivity contribution in [2.75, 3.05) is 11.9 Å². The van der Waals surface area contributed by atoms with Gasteiger partial charge in [0.15, 0.2) is 0 Å². The number of rotatable bonds is 3. The highest BCUT2D eigenvalue weighted by molar-refractivity contribution is 6.31. The molecule has 1 aromatic rings. The average molecular weight is 347 g/mol. The lowest BCUT2D eigenvalue weighted by Crippen LogP contribution is -2.29. The summed E-state index contributed by atoms with van der Waals surface area (Å²) in [5.74, 6) is -1.05. The van der Waals surface area contributed by atoms with Crippen molar-refractivity contribution in [1.29, 1.82) is 0 Å². The van der Waals surface area contributed by atoms with Crippen LogP contribution in [0.1, 0.15) is 24.8 Å². The summed E-state index contributed by atoms with van der Waals surface area (Å²) in [4.78, 5) is 25.7. The van der Waals surface area contributed by atoms with Crippen LogP contribution in [-0.2, 0) is 15.8 Å². The fourth-order valence-corrected chi connectivity index (χ4v) is 2.94. The second-order valence-corrected chi connectivity index (χ2v) is 6.27. The first-order valence-electron chi connectivity index (χ1n) is 7.23. The van der Waals surface area contributed by atoms with Crippen molar-refractivity contribution in [3.8, 4) is 0 Å². The van der Waals surface area contributed by atoms with Crippen LogP contribution < -0.4 is 5.32 Å². The normalized spacial score (nSPS) is 21.7. The van der Waals surface area contributed by atoms with Crippen LogP contribution in [0.4, 0.5) is 18.9 Å². The molecule has 3 rings (SSSR count). The summed E-state index contributed by atoms with van der Waals surface area (Å²) < 4.78 is 38.5. The molecule has 1 heterocycles. The predicted molar refractivity (Wildman–Crippen MR) is 77.9 cm³/mol. The van der Waals surface area contributed by atoms with Crippen LogP contribution in [0.3, 0.4) is 0 Å². The molecular formula is C15H14ClF3N2O2. The van der Waals surface area contributed by atoms with E-state index in [2.05, 4.69) is 5.32 Å². The van der Waals surface area contributed by atoms with Crippen LogP contribution in [-0.4, -0.2) is 29.3 Å². The molecule has 0 radical (unpaired) electrons. The summed E-state index contributed by atoms with van der Waals surface area (Å²) in [7, 11) is 0. The minimum absolute atomic E-state index is 0.0176. The molecule has 0 aromatic heterocycles. The number of hydrogen-bond donors (Lipinski definition) is 1. The third kappa shape index (κ3) is 3.44. The number of benzene rings is 1. The zero-order valence-corrected chi connectivity index (χ0v) is 12.7. The number of nitrogens with zero attached hydrogens (tertiary/aromatic N) is 1. The van der Waals surface area contributed by atoms with E-state index >= 15 is 0 Å². The maximum absolute atomic E-state index is 12.8. The Kier molecular flexibility index (Phi) is 4.00. The Balaban J connectivity index is 1.70. The van der Waals surface area contributed by atoms with Crippen LogP contribution in [0.25, 0.3) is 0 Å². The average Bonchev–Trinajstić information content (AvgIpc) is 3.22. The molecule has 1 saturated carbocycles. The van der Waals surface area contributed by atoms with Crippen LogP contribution >= 0.6 is 11.6 Å². The Hall–Kier alpha value is -1.76. The zero-order valence-electron chi connectivity index (χ0n) is 12.0. The van der Waals surface area contributed by atoms with E-state index in [1.54, 1.807) is 4.90 Å². The van der Waals surface area contributed by atoms with E-state index in [1.807, 2.05) is 0 Å². The highest BCUT2D eigenvalue weighted by Gasteiger charge is 2.42. The molecule has 2 amide bonds. The summed E-state index contributed by atoms with van der Waals surface area (Å²) in [5.41, 5.74) is -0.983. The van der Waals surface area contributed by atoms with Gasteiger partial charge in [-0.05, 0) is 31.0 Å². The molecule has 0 bridgehead atoms. The van der Waals surface area contributed by atoms with E-state index in [0.29, 0.717) is 6.54 Å². The summed E-state index contributed by atoms with van der Waals surface area (Å²) >= 11 is 5.54. The van der Waals surface area contributed by atoms with Crippen LogP contribution in [0, 0.1) is 5.92 Å². The molecule has 124 valence electrons. The first-order chi connectivity index (χ1) is 10.8. The molecular weight excluding hydrogens is 333 g/mol. The molecule has 1 aromatic carbocycles. The quantitative estimate of drug-likeness (QED) is 0.913. The van der Waals surface area contributed by atoms with Crippen molar-refractivity contribution in [3.63, 3.8) is 0 Å². The molecule has 1 atom stereocenters. The zero-order chi connectivity index (χ0) is 16.8. The highest BCUT2D eigenvalue weighted by Crippen LogP contribution is 2.37. The summed E-state index contributed by atoms with van der Waals surface area (Å²) in [6, 6.07) is 3.43. The van der Waals surface area contributed by atoms with Gasteiger partial charge in [0.2, 0.25) is 11.8 Å². The second kappa shape index (κ2) is 5.70. The number of alkyl halides is 3. The summed E-state index contributed by atoms with van der Waals surface area (Å²) in [6.07, 6.45) is -2.59.